The van der Waals surface area contributed by atoms with Gasteiger partial charge in [0, 0.05) is 26.7 Å². The molecule has 2 aromatic carbocycles. The van der Waals surface area contributed by atoms with Crippen molar-refractivity contribution in [3.63, 3.8) is 0 Å². The number of benzene rings is 2. The van der Waals surface area contributed by atoms with E-state index >= 15 is 0 Å². The number of aryl methyl sites for hydroxylation is 3. The molecule has 2 aromatic heterocycles. The highest BCUT2D eigenvalue weighted by atomic mass is 79.9. The minimum Gasteiger partial charge on any atom is -0.451 e. The molecule has 0 spiro atoms. The van der Waals surface area contributed by atoms with Gasteiger partial charge in [0.2, 0.25) is 5.89 Å². The van der Waals surface area contributed by atoms with Crippen LogP contribution in [0.5, 0.6) is 0 Å². The number of rotatable bonds is 3. The molecule has 0 radical (unpaired) electrons. The zero-order valence-corrected chi connectivity index (χ0v) is 16.7. The summed E-state index contributed by atoms with van der Waals surface area (Å²) in [5.74, 6) is 1.32. The average molecular weight is 425 g/mol. The van der Waals surface area contributed by atoms with Crippen molar-refractivity contribution in [3.05, 3.63) is 69.7 Å². The summed E-state index contributed by atoms with van der Waals surface area (Å²) in [6.07, 6.45) is 0. The second kappa shape index (κ2) is 6.70. The van der Waals surface area contributed by atoms with E-state index in [0.29, 0.717) is 22.9 Å². The maximum atomic E-state index is 12.7. The highest BCUT2D eigenvalue weighted by Gasteiger charge is 2.18. The van der Waals surface area contributed by atoms with Gasteiger partial charge in [0.15, 0.2) is 5.76 Å². The number of carbonyl (C=O) groups is 1. The van der Waals surface area contributed by atoms with Crippen LogP contribution in [0.2, 0.25) is 0 Å². The van der Waals surface area contributed by atoms with E-state index < -0.39 is 0 Å². The predicted molar refractivity (Wildman–Crippen MR) is 108 cm³/mol. The van der Waals surface area contributed by atoms with Crippen molar-refractivity contribution in [1.82, 2.24) is 4.98 Å². The predicted octanol–water partition coefficient (Wildman–Crippen LogP) is 6.03. The van der Waals surface area contributed by atoms with Crippen LogP contribution in [0.1, 0.15) is 27.6 Å². The number of fused-ring (bicyclic) bond motifs is 1. The van der Waals surface area contributed by atoms with Crippen LogP contribution in [0.3, 0.4) is 0 Å². The van der Waals surface area contributed by atoms with Crippen molar-refractivity contribution in [3.8, 4) is 11.5 Å². The number of amides is 1. The van der Waals surface area contributed by atoms with Gasteiger partial charge in [-0.25, -0.2) is 4.98 Å². The molecule has 0 aliphatic rings. The lowest BCUT2D eigenvalue weighted by Crippen LogP contribution is -2.12. The van der Waals surface area contributed by atoms with Crippen LogP contribution in [0, 0.1) is 20.8 Å². The summed E-state index contributed by atoms with van der Waals surface area (Å²) in [5, 5.41) is 3.80. The molecular formula is C21H17BrN2O3. The lowest BCUT2D eigenvalue weighted by atomic mass is 10.1. The second-order valence-electron chi connectivity index (χ2n) is 6.39. The number of hydrogen-bond acceptors (Lipinski definition) is 4. The Hall–Kier alpha value is -2.86. The van der Waals surface area contributed by atoms with E-state index in [1.165, 1.54) is 0 Å². The number of furan rings is 1. The minimum atomic E-state index is -0.295. The Morgan fingerprint density at radius 2 is 1.89 bits per heavy atom. The maximum Gasteiger partial charge on any atom is 0.291 e. The average Bonchev–Trinajstić information content (AvgIpc) is 3.15. The summed E-state index contributed by atoms with van der Waals surface area (Å²) in [6, 6.07) is 13.1. The van der Waals surface area contributed by atoms with Gasteiger partial charge in [-0.15, -0.1) is 0 Å². The van der Waals surface area contributed by atoms with Crippen molar-refractivity contribution < 1.29 is 13.6 Å². The first-order valence-corrected chi connectivity index (χ1v) is 9.26. The van der Waals surface area contributed by atoms with Crippen molar-refractivity contribution >= 4 is 38.5 Å². The summed E-state index contributed by atoms with van der Waals surface area (Å²) in [4.78, 5) is 17.1. The SMILES string of the molecule is Cc1nc(-c2cccc(NC(=O)c3oc4ccc(Br)cc4c3C)c2)oc1C. The third-order valence-corrected chi connectivity index (χ3v) is 4.99. The molecule has 0 aliphatic heterocycles. The lowest BCUT2D eigenvalue weighted by Gasteiger charge is -2.05. The van der Waals surface area contributed by atoms with Gasteiger partial charge < -0.3 is 14.2 Å². The summed E-state index contributed by atoms with van der Waals surface area (Å²) in [5.41, 5.74) is 3.78. The molecule has 1 N–H and O–H groups in total. The van der Waals surface area contributed by atoms with Crippen LogP contribution in [0.4, 0.5) is 5.69 Å². The Bertz CT molecular complexity index is 1150. The maximum absolute atomic E-state index is 12.7. The number of halogens is 1. The van der Waals surface area contributed by atoms with Crippen LogP contribution < -0.4 is 5.32 Å². The van der Waals surface area contributed by atoms with Crippen LogP contribution >= 0.6 is 15.9 Å². The Morgan fingerprint density at radius 1 is 1.07 bits per heavy atom. The number of aromatic nitrogens is 1. The molecule has 27 heavy (non-hydrogen) atoms. The van der Waals surface area contributed by atoms with E-state index in [2.05, 4.69) is 26.2 Å². The molecular weight excluding hydrogens is 408 g/mol. The monoisotopic (exact) mass is 424 g/mol. The van der Waals surface area contributed by atoms with Crippen molar-refractivity contribution in [2.45, 2.75) is 20.8 Å². The highest BCUT2D eigenvalue weighted by Crippen LogP contribution is 2.29. The molecule has 136 valence electrons. The Morgan fingerprint density at radius 3 is 2.63 bits per heavy atom. The van der Waals surface area contributed by atoms with Gasteiger partial charge >= 0.3 is 0 Å². The molecule has 4 rings (SSSR count). The summed E-state index contributed by atoms with van der Waals surface area (Å²) in [6.45, 7) is 5.65. The number of nitrogens with one attached hydrogen (secondary N) is 1. The Balaban J connectivity index is 1.64. The molecule has 1 amide bonds. The molecule has 6 heteroatoms. The van der Waals surface area contributed by atoms with E-state index in [1.807, 2.05) is 63.2 Å². The smallest absolute Gasteiger partial charge is 0.291 e. The van der Waals surface area contributed by atoms with Crippen LogP contribution in [0.15, 0.2) is 55.8 Å². The van der Waals surface area contributed by atoms with E-state index in [0.717, 1.165) is 32.4 Å². The number of oxazole rings is 1. The van der Waals surface area contributed by atoms with Gasteiger partial charge in [0.05, 0.1) is 5.69 Å². The van der Waals surface area contributed by atoms with E-state index in [4.69, 9.17) is 8.83 Å². The van der Waals surface area contributed by atoms with Gasteiger partial charge in [-0.1, -0.05) is 22.0 Å². The van der Waals surface area contributed by atoms with Crippen LogP contribution in [-0.4, -0.2) is 10.9 Å². The molecule has 0 bridgehead atoms. The van der Waals surface area contributed by atoms with Crippen molar-refractivity contribution in [2.24, 2.45) is 0 Å². The van der Waals surface area contributed by atoms with Crippen molar-refractivity contribution in [2.75, 3.05) is 5.32 Å². The number of nitrogens with zero attached hydrogens (tertiary/aromatic N) is 1. The van der Waals surface area contributed by atoms with Gasteiger partial charge in [-0.05, 0) is 57.2 Å². The first-order chi connectivity index (χ1) is 12.9. The van der Waals surface area contributed by atoms with Gasteiger partial charge in [0.25, 0.3) is 5.91 Å². The van der Waals surface area contributed by atoms with Gasteiger partial charge in [-0.3, -0.25) is 4.79 Å². The van der Waals surface area contributed by atoms with E-state index in [9.17, 15) is 4.79 Å². The third kappa shape index (κ3) is 3.28. The molecule has 0 fully saturated rings. The van der Waals surface area contributed by atoms with Crippen LogP contribution in [-0.2, 0) is 0 Å². The van der Waals surface area contributed by atoms with Crippen molar-refractivity contribution in [1.29, 1.82) is 0 Å². The largest absolute Gasteiger partial charge is 0.451 e. The molecule has 0 atom stereocenters. The first kappa shape index (κ1) is 17.5. The molecule has 4 aromatic rings. The Kier molecular flexibility index (Phi) is 4.36. The fourth-order valence-electron chi connectivity index (χ4n) is 2.92. The molecule has 0 saturated carbocycles. The molecule has 2 heterocycles. The lowest BCUT2D eigenvalue weighted by molar-refractivity contribution is 0.0998. The molecule has 0 saturated heterocycles. The zero-order chi connectivity index (χ0) is 19.1. The molecule has 0 unspecified atom stereocenters. The summed E-state index contributed by atoms with van der Waals surface area (Å²) < 4.78 is 12.4. The molecule has 0 aliphatic carbocycles. The number of carbonyl (C=O) groups excluding carboxylic acids is 1. The summed E-state index contributed by atoms with van der Waals surface area (Å²) >= 11 is 3.45. The standard InChI is InChI=1S/C21H17BrN2O3/c1-11-17-10-15(22)7-8-18(17)27-19(11)20(25)24-16-6-4-5-14(9-16)21-23-12(2)13(3)26-21/h4-10H,1-3H3,(H,24,25). The normalized spacial score (nSPS) is 11.1. The van der Waals surface area contributed by atoms with Crippen LogP contribution in [0.25, 0.3) is 22.4 Å². The third-order valence-electron chi connectivity index (χ3n) is 4.50. The fourth-order valence-corrected chi connectivity index (χ4v) is 3.28. The molecule has 5 nitrogen and oxygen atoms in total. The number of hydrogen-bond donors (Lipinski definition) is 1. The topological polar surface area (TPSA) is 68.3 Å². The zero-order valence-electron chi connectivity index (χ0n) is 15.1. The first-order valence-electron chi connectivity index (χ1n) is 8.47. The number of anilines is 1. The minimum absolute atomic E-state index is 0.295. The second-order valence-corrected chi connectivity index (χ2v) is 7.31. The highest BCUT2D eigenvalue weighted by molar-refractivity contribution is 9.10. The van der Waals surface area contributed by atoms with E-state index in [-0.39, 0.29) is 5.91 Å². The van der Waals surface area contributed by atoms with Gasteiger partial charge in [0.1, 0.15) is 11.3 Å². The van der Waals surface area contributed by atoms with E-state index in [1.54, 1.807) is 0 Å². The van der Waals surface area contributed by atoms with Gasteiger partial charge in [-0.2, -0.15) is 0 Å². The Labute approximate surface area is 164 Å². The summed E-state index contributed by atoms with van der Waals surface area (Å²) in [7, 11) is 0. The fraction of sp³-hybridized carbons (Fsp3) is 0.143. The quantitative estimate of drug-likeness (QED) is 0.435.